The largest absolute Gasteiger partial charge is 0.497 e. The maximum Gasteiger partial charge on any atom is 0.189 e. The highest BCUT2D eigenvalue weighted by molar-refractivity contribution is 5.98. The van der Waals surface area contributed by atoms with Gasteiger partial charge in [0, 0.05) is 13.5 Å². The number of rotatable bonds is 5. The fourth-order valence-corrected chi connectivity index (χ4v) is 1.94. The summed E-state index contributed by atoms with van der Waals surface area (Å²) in [6.07, 6.45) is 1.83. The smallest absolute Gasteiger partial charge is 0.189 e. The van der Waals surface area contributed by atoms with Gasteiger partial charge < -0.3 is 9.47 Å². The Morgan fingerprint density at radius 2 is 2.11 bits per heavy atom. The van der Waals surface area contributed by atoms with Crippen molar-refractivity contribution in [2.45, 2.75) is 6.42 Å². The van der Waals surface area contributed by atoms with Gasteiger partial charge in [0.25, 0.3) is 0 Å². The summed E-state index contributed by atoms with van der Waals surface area (Å²) in [5, 5.41) is 4.03. The molecule has 5 heteroatoms. The molecule has 5 nitrogen and oxygen atoms in total. The van der Waals surface area contributed by atoms with Crippen LogP contribution >= 0.6 is 0 Å². The van der Waals surface area contributed by atoms with Gasteiger partial charge in [-0.1, -0.05) is 12.1 Å². The van der Waals surface area contributed by atoms with E-state index in [0.29, 0.717) is 11.4 Å². The normalized spacial score (nSPS) is 10.3. The SMILES string of the molecule is COc1cccc(CC(=O)c2c(OC)cnn2C)c1. The number of carbonyl (C=O) groups is 1. The van der Waals surface area contributed by atoms with E-state index in [1.54, 1.807) is 20.4 Å². The maximum absolute atomic E-state index is 12.3. The number of methoxy groups -OCH3 is 2. The van der Waals surface area contributed by atoms with Gasteiger partial charge in [-0.15, -0.1) is 0 Å². The molecule has 0 aliphatic rings. The second-order valence-electron chi connectivity index (χ2n) is 4.14. The predicted molar refractivity (Wildman–Crippen MR) is 70.8 cm³/mol. The third-order valence-corrected chi connectivity index (χ3v) is 2.89. The number of ether oxygens (including phenoxy) is 2. The van der Waals surface area contributed by atoms with E-state index in [-0.39, 0.29) is 12.2 Å². The molecule has 0 radical (unpaired) electrons. The second-order valence-corrected chi connectivity index (χ2v) is 4.14. The minimum Gasteiger partial charge on any atom is -0.497 e. The van der Waals surface area contributed by atoms with Gasteiger partial charge in [-0.25, -0.2) is 0 Å². The molecule has 0 fully saturated rings. The quantitative estimate of drug-likeness (QED) is 0.770. The summed E-state index contributed by atoms with van der Waals surface area (Å²) < 4.78 is 11.8. The number of aryl methyl sites for hydroxylation is 1. The Morgan fingerprint density at radius 3 is 2.79 bits per heavy atom. The van der Waals surface area contributed by atoms with Crippen LogP contribution in [0.4, 0.5) is 0 Å². The standard InChI is InChI=1S/C14H16N2O3/c1-16-14(13(19-3)9-15-16)12(17)8-10-5-4-6-11(7-10)18-2/h4-7,9H,8H2,1-3H3. The van der Waals surface area contributed by atoms with Gasteiger partial charge in [-0.05, 0) is 17.7 Å². The lowest BCUT2D eigenvalue weighted by molar-refractivity contribution is 0.0981. The summed E-state index contributed by atoms with van der Waals surface area (Å²) >= 11 is 0. The summed E-state index contributed by atoms with van der Waals surface area (Å²) in [6.45, 7) is 0. The minimum absolute atomic E-state index is 0.0369. The van der Waals surface area contributed by atoms with E-state index >= 15 is 0 Å². The molecule has 0 bridgehead atoms. The van der Waals surface area contributed by atoms with Crippen molar-refractivity contribution in [3.05, 3.63) is 41.7 Å². The first-order valence-electron chi connectivity index (χ1n) is 5.88. The van der Waals surface area contributed by atoms with Crippen LogP contribution < -0.4 is 9.47 Å². The van der Waals surface area contributed by atoms with Crippen molar-refractivity contribution in [2.75, 3.05) is 14.2 Å². The minimum atomic E-state index is -0.0369. The van der Waals surface area contributed by atoms with E-state index in [0.717, 1.165) is 11.3 Å². The molecule has 100 valence electrons. The van der Waals surface area contributed by atoms with Gasteiger partial charge in [0.2, 0.25) is 0 Å². The van der Waals surface area contributed by atoms with Crippen LogP contribution in [0.15, 0.2) is 30.5 Å². The van der Waals surface area contributed by atoms with Gasteiger partial charge in [-0.2, -0.15) is 5.10 Å². The lowest BCUT2D eigenvalue weighted by atomic mass is 10.1. The van der Waals surface area contributed by atoms with Gasteiger partial charge in [0.15, 0.2) is 11.5 Å². The van der Waals surface area contributed by atoms with Crippen molar-refractivity contribution in [3.8, 4) is 11.5 Å². The number of hydrogen-bond acceptors (Lipinski definition) is 4. The molecule has 0 unspecified atom stereocenters. The molecule has 1 heterocycles. The third kappa shape index (κ3) is 2.76. The highest BCUT2D eigenvalue weighted by Crippen LogP contribution is 2.20. The Kier molecular flexibility index (Phi) is 3.85. The van der Waals surface area contributed by atoms with Crippen molar-refractivity contribution in [3.63, 3.8) is 0 Å². The molecule has 0 saturated heterocycles. The molecular weight excluding hydrogens is 244 g/mol. The number of aromatic nitrogens is 2. The highest BCUT2D eigenvalue weighted by Gasteiger charge is 2.17. The predicted octanol–water partition coefficient (Wildman–Crippen LogP) is 1.86. The number of hydrogen-bond donors (Lipinski definition) is 0. The first kappa shape index (κ1) is 13.1. The Hall–Kier alpha value is -2.30. The lowest BCUT2D eigenvalue weighted by Crippen LogP contribution is -2.11. The number of ketones is 1. The van der Waals surface area contributed by atoms with E-state index in [1.165, 1.54) is 11.8 Å². The van der Waals surface area contributed by atoms with Crippen LogP contribution in [0.3, 0.4) is 0 Å². The zero-order chi connectivity index (χ0) is 13.8. The monoisotopic (exact) mass is 260 g/mol. The van der Waals surface area contributed by atoms with Gasteiger partial charge in [0.1, 0.15) is 11.4 Å². The average Bonchev–Trinajstić information content (AvgIpc) is 2.80. The molecule has 0 aliphatic heterocycles. The fourth-order valence-electron chi connectivity index (χ4n) is 1.94. The van der Waals surface area contributed by atoms with Crippen molar-refractivity contribution in [2.24, 2.45) is 7.05 Å². The van der Waals surface area contributed by atoms with Crippen LogP contribution in [0.25, 0.3) is 0 Å². The summed E-state index contributed by atoms with van der Waals surface area (Å²) in [5.41, 5.74) is 1.37. The lowest BCUT2D eigenvalue weighted by Gasteiger charge is -2.06. The van der Waals surface area contributed by atoms with Crippen LogP contribution in [-0.4, -0.2) is 29.8 Å². The fraction of sp³-hybridized carbons (Fsp3) is 0.286. The summed E-state index contributed by atoms with van der Waals surface area (Å²) in [5.74, 6) is 1.20. The van der Waals surface area contributed by atoms with Gasteiger partial charge in [0.05, 0.1) is 20.4 Å². The second kappa shape index (κ2) is 5.56. The van der Waals surface area contributed by atoms with Gasteiger partial charge in [-0.3, -0.25) is 9.48 Å². The van der Waals surface area contributed by atoms with Crippen molar-refractivity contribution in [1.29, 1.82) is 0 Å². The van der Waals surface area contributed by atoms with E-state index in [9.17, 15) is 4.79 Å². The van der Waals surface area contributed by atoms with Crippen molar-refractivity contribution in [1.82, 2.24) is 9.78 Å². The Bertz CT molecular complexity index is 590. The molecule has 0 atom stereocenters. The molecule has 0 spiro atoms. The van der Waals surface area contributed by atoms with E-state index in [4.69, 9.17) is 9.47 Å². The summed E-state index contributed by atoms with van der Waals surface area (Å²) in [7, 11) is 4.85. The molecule has 0 amide bonds. The van der Waals surface area contributed by atoms with Crippen molar-refractivity contribution >= 4 is 5.78 Å². The molecule has 0 aliphatic carbocycles. The van der Waals surface area contributed by atoms with E-state index < -0.39 is 0 Å². The Balaban J connectivity index is 2.23. The molecule has 0 N–H and O–H groups in total. The molecule has 2 rings (SSSR count). The molecule has 2 aromatic rings. The zero-order valence-corrected chi connectivity index (χ0v) is 11.2. The maximum atomic E-state index is 12.3. The first-order chi connectivity index (χ1) is 9.15. The first-order valence-corrected chi connectivity index (χ1v) is 5.88. The van der Waals surface area contributed by atoms with Crippen LogP contribution in [0, 0.1) is 0 Å². The molecule has 1 aromatic carbocycles. The van der Waals surface area contributed by atoms with Crippen LogP contribution in [0.5, 0.6) is 11.5 Å². The van der Waals surface area contributed by atoms with Crippen LogP contribution in [0.2, 0.25) is 0 Å². The third-order valence-electron chi connectivity index (χ3n) is 2.89. The summed E-state index contributed by atoms with van der Waals surface area (Å²) in [4.78, 5) is 12.3. The topological polar surface area (TPSA) is 53.4 Å². The van der Waals surface area contributed by atoms with Crippen LogP contribution in [0.1, 0.15) is 16.1 Å². The Labute approximate surface area is 111 Å². The molecule has 19 heavy (non-hydrogen) atoms. The van der Waals surface area contributed by atoms with Crippen molar-refractivity contribution < 1.29 is 14.3 Å². The molecular formula is C14H16N2O3. The number of nitrogens with zero attached hydrogens (tertiary/aromatic N) is 2. The average molecular weight is 260 g/mol. The summed E-state index contributed by atoms with van der Waals surface area (Å²) in [6, 6.07) is 7.45. The zero-order valence-electron chi connectivity index (χ0n) is 11.2. The van der Waals surface area contributed by atoms with E-state index in [1.807, 2.05) is 24.3 Å². The number of carbonyl (C=O) groups excluding carboxylic acids is 1. The van der Waals surface area contributed by atoms with Crippen LogP contribution in [-0.2, 0) is 13.5 Å². The molecule has 1 aromatic heterocycles. The Morgan fingerprint density at radius 1 is 1.32 bits per heavy atom. The van der Waals surface area contributed by atoms with E-state index in [2.05, 4.69) is 5.10 Å². The number of Topliss-reactive ketones (excluding diaryl/α,β-unsaturated/α-hetero) is 1. The molecule has 0 saturated carbocycles. The number of benzene rings is 1. The highest BCUT2D eigenvalue weighted by atomic mass is 16.5. The van der Waals surface area contributed by atoms with Gasteiger partial charge >= 0.3 is 0 Å².